The molecule has 162 valence electrons. The molecule has 2 aliphatic carbocycles. The number of nitrogens with zero attached hydrogens (tertiary/aromatic N) is 1. The Bertz CT molecular complexity index is 1270. The molecular formula is C25H21ClN2O4. The van der Waals surface area contributed by atoms with Gasteiger partial charge in [-0.05, 0) is 54.9 Å². The summed E-state index contributed by atoms with van der Waals surface area (Å²) >= 11 is 6.55. The third-order valence-electron chi connectivity index (χ3n) is 6.65. The molecule has 0 radical (unpaired) electrons. The molecule has 0 unspecified atom stereocenters. The predicted molar refractivity (Wildman–Crippen MR) is 121 cm³/mol. The maximum atomic E-state index is 12.7. The number of rotatable bonds is 4. The second-order valence-corrected chi connectivity index (χ2v) is 9.30. The van der Waals surface area contributed by atoms with Crippen LogP contribution in [0.4, 0.5) is 5.69 Å². The van der Waals surface area contributed by atoms with Gasteiger partial charge in [0.25, 0.3) is 5.91 Å². The van der Waals surface area contributed by atoms with E-state index in [9.17, 15) is 15.0 Å². The number of carbonyl (C=O) groups is 1. The Kier molecular flexibility index (Phi) is 4.42. The van der Waals surface area contributed by atoms with Crippen molar-refractivity contribution in [3.05, 3.63) is 70.1 Å². The highest BCUT2D eigenvalue weighted by atomic mass is 35.5. The molecule has 2 heterocycles. The van der Waals surface area contributed by atoms with Gasteiger partial charge in [0.15, 0.2) is 5.76 Å². The van der Waals surface area contributed by atoms with Crippen LogP contribution < -0.4 is 5.32 Å². The number of anilines is 1. The number of amides is 1. The van der Waals surface area contributed by atoms with Crippen molar-refractivity contribution in [3.8, 4) is 11.1 Å². The number of benzene rings is 2. The normalized spacial score (nSPS) is 23.5. The minimum Gasteiger partial charge on any atom is -0.504 e. The Hall–Kier alpha value is -3.09. The van der Waals surface area contributed by atoms with E-state index >= 15 is 0 Å². The van der Waals surface area contributed by atoms with E-state index in [1.54, 1.807) is 12.1 Å². The first kappa shape index (κ1) is 19.6. The molecule has 7 heteroatoms. The third kappa shape index (κ3) is 3.22. The summed E-state index contributed by atoms with van der Waals surface area (Å²) in [6.07, 6.45) is 3.52. The summed E-state index contributed by atoms with van der Waals surface area (Å²) in [7, 11) is 0. The summed E-state index contributed by atoms with van der Waals surface area (Å²) in [4.78, 5) is 12.7. The number of aliphatic hydroxyl groups is 2. The quantitative estimate of drug-likeness (QED) is 0.362. The summed E-state index contributed by atoms with van der Waals surface area (Å²) in [6.45, 7) is 0. The van der Waals surface area contributed by atoms with Gasteiger partial charge in [0, 0.05) is 23.1 Å². The van der Waals surface area contributed by atoms with Crippen LogP contribution in [0.5, 0.6) is 0 Å². The van der Waals surface area contributed by atoms with Gasteiger partial charge in [-0.2, -0.15) is 0 Å². The summed E-state index contributed by atoms with van der Waals surface area (Å²) in [5.74, 6) is 0.326. The number of carbonyl (C=O) groups excluding carboxylic acids is 1. The minimum absolute atomic E-state index is 0.150. The zero-order chi connectivity index (χ0) is 22.0. The molecule has 2 saturated carbocycles. The fourth-order valence-electron chi connectivity index (χ4n) is 4.54. The molecule has 0 bridgehead atoms. The predicted octanol–water partition coefficient (Wildman–Crippen LogP) is 5.49. The molecule has 1 amide bonds. The van der Waals surface area contributed by atoms with Crippen molar-refractivity contribution >= 4 is 34.5 Å². The maximum Gasteiger partial charge on any atom is 0.260 e. The van der Waals surface area contributed by atoms with Crippen LogP contribution in [-0.2, 0) is 4.79 Å². The second kappa shape index (κ2) is 7.22. The van der Waals surface area contributed by atoms with Crippen molar-refractivity contribution < 1.29 is 19.5 Å². The van der Waals surface area contributed by atoms with Crippen molar-refractivity contribution in [3.63, 3.8) is 0 Å². The van der Waals surface area contributed by atoms with Crippen LogP contribution >= 0.6 is 11.6 Å². The third-order valence-corrected chi connectivity index (χ3v) is 6.96. The topological polar surface area (TPSA) is 95.6 Å². The highest BCUT2D eigenvalue weighted by Gasteiger charge is 2.33. The summed E-state index contributed by atoms with van der Waals surface area (Å²) in [5.41, 5.74) is 4.95. The van der Waals surface area contributed by atoms with Crippen LogP contribution in [0.3, 0.4) is 0 Å². The Labute approximate surface area is 189 Å². The average molecular weight is 449 g/mol. The van der Waals surface area contributed by atoms with E-state index in [2.05, 4.69) is 22.6 Å². The molecule has 1 aromatic heterocycles. The zero-order valence-electron chi connectivity index (χ0n) is 17.1. The Balaban J connectivity index is 1.38. The Morgan fingerprint density at radius 3 is 2.50 bits per heavy atom. The largest absolute Gasteiger partial charge is 0.504 e. The summed E-state index contributed by atoms with van der Waals surface area (Å²) < 4.78 is 5.32. The molecule has 0 spiro atoms. The van der Waals surface area contributed by atoms with Gasteiger partial charge in [0.05, 0.1) is 28.1 Å². The van der Waals surface area contributed by atoms with Crippen LogP contribution in [0.15, 0.2) is 47.0 Å². The van der Waals surface area contributed by atoms with Crippen LogP contribution in [-0.4, -0.2) is 27.4 Å². The van der Waals surface area contributed by atoms with E-state index in [0.29, 0.717) is 28.1 Å². The standard InChI is InChI=1S/C25H21ClN2O4/c26-19-10-21-18(9-17(19)13-3-1-12(2-4-13)15-7-16(29)8-15)23(25(31)27-21)24(30)22-11-20(28-32-22)14-5-6-14/h1-4,9-11,14-16,29-30H,5-8H2,(H,27,31). The zero-order valence-corrected chi connectivity index (χ0v) is 17.9. The van der Waals surface area contributed by atoms with Crippen molar-refractivity contribution in [2.75, 3.05) is 5.32 Å². The van der Waals surface area contributed by atoms with Gasteiger partial charge in [0.2, 0.25) is 5.76 Å². The molecule has 1 aliphatic heterocycles. The molecule has 0 saturated heterocycles. The van der Waals surface area contributed by atoms with E-state index in [-0.39, 0.29) is 23.2 Å². The molecule has 3 N–H and O–H groups in total. The number of aliphatic hydroxyl groups excluding tert-OH is 2. The van der Waals surface area contributed by atoms with Gasteiger partial charge < -0.3 is 20.1 Å². The molecule has 32 heavy (non-hydrogen) atoms. The van der Waals surface area contributed by atoms with Gasteiger partial charge >= 0.3 is 0 Å². The van der Waals surface area contributed by atoms with E-state index in [0.717, 1.165) is 42.5 Å². The molecule has 2 fully saturated rings. The van der Waals surface area contributed by atoms with Crippen LogP contribution in [0.1, 0.15) is 60.1 Å². The van der Waals surface area contributed by atoms with E-state index < -0.39 is 5.91 Å². The Morgan fingerprint density at radius 2 is 1.81 bits per heavy atom. The number of hydrogen-bond acceptors (Lipinski definition) is 5. The van der Waals surface area contributed by atoms with Crippen molar-refractivity contribution in [1.29, 1.82) is 0 Å². The molecular weight excluding hydrogens is 428 g/mol. The van der Waals surface area contributed by atoms with Gasteiger partial charge in [0.1, 0.15) is 0 Å². The molecule has 6 rings (SSSR count). The van der Waals surface area contributed by atoms with Crippen molar-refractivity contribution in [2.45, 2.75) is 43.6 Å². The lowest BCUT2D eigenvalue weighted by Gasteiger charge is -2.31. The smallest absolute Gasteiger partial charge is 0.260 e. The van der Waals surface area contributed by atoms with E-state index in [1.807, 2.05) is 18.2 Å². The molecule has 6 nitrogen and oxygen atoms in total. The van der Waals surface area contributed by atoms with Crippen molar-refractivity contribution in [2.24, 2.45) is 0 Å². The number of halogens is 1. The number of fused-ring (bicyclic) bond motifs is 1. The van der Waals surface area contributed by atoms with Crippen LogP contribution in [0, 0.1) is 0 Å². The molecule has 0 atom stereocenters. The minimum atomic E-state index is -0.408. The molecule has 3 aliphatic rings. The van der Waals surface area contributed by atoms with E-state index in [1.165, 1.54) is 5.56 Å². The first-order valence-corrected chi connectivity index (χ1v) is 11.2. The van der Waals surface area contributed by atoms with Gasteiger partial charge in [-0.25, -0.2) is 0 Å². The molecule has 3 aromatic rings. The van der Waals surface area contributed by atoms with Crippen LogP contribution in [0.2, 0.25) is 5.02 Å². The summed E-state index contributed by atoms with van der Waals surface area (Å²) in [6, 6.07) is 13.3. The number of aromatic nitrogens is 1. The van der Waals surface area contributed by atoms with Gasteiger partial charge in [-0.15, -0.1) is 0 Å². The maximum absolute atomic E-state index is 12.7. The fraction of sp³-hybridized carbons (Fsp3) is 0.280. The highest BCUT2D eigenvalue weighted by molar-refractivity contribution is 6.38. The second-order valence-electron chi connectivity index (χ2n) is 8.89. The first-order chi connectivity index (χ1) is 15.5. The molecule has 2 aromatic carbocycles. The van der Waals surface area contributed by atoms with Gasteiger partial charge in [-0.3, -0.25) is 4.79 Å². The number of hydrogen-bond donors (Lipinski definition) is 3. The first-order valence-electron chi connectivity index (χ1n) is 10.8. The highest BCUT2D eigenvalue weighted by Crippen LogP contribution is 2.44. The SMILES string of the molecule is O=C1Nc2cc(Cl)c(-c3ccc(C4CC(O)C4)cc3)cc2C1=C(O)c1cc(C2CC2)no1. The lowest BCUT2D eigenvalue weighted by molar-refractivity contribution is -0.110. The monoisotopic (exact) mass is 448 g/mol. The number of nitrogens with one attached hydrogen (secondary N) is 1. The van der Waals surface area contributed by atoms with E-state index in [4.69, 9.17) is 16.1 Å². The lowest BCUT2D eigenvalue weighted by atomic mass is 9.77. The average Bonchev–Trinajstić information content (AvgIpc) is 3.40. The fourth-order valence-corrected chi connectivity index (χ4v) is 4.81. The van der Waals surface area contributed by atoms with Gasteiger partial charge in [-0.1, -0.05) is 41.0 Å². The van der Waals surface area contributed by atoms with Crippen LogP contribution in [0.25, 0.3) is 22.5 Å². The van der Waals surface area contributed by atoms with Crippen molar-refractivity contribution in [1.82, 2.24) is 5.16 Å². The summed E-state index contributed by atoms with van der Waals surface area (Å²) in [5, 5.41) is 27.7. The lowest BCUT2D eigenvalue weighted by Crippen LogP contribution is -2.26. The Morgan fingerprint density at radius 1 is 1.06 bits per heavy atom.